The van der Waals surface area contributed by atoms with Gasteiger partial charge >= 0.3 is 0 Å². The van der Waals surface area contributed by atoms with Gasteiger partial charge in [0.05, 0.1) is 29.7 Å². The lowest BCUT2D eigenvalue weighted by Crippen LogP contribution is -2.32. The van der Waals surface area contributed by atoms with Crippen molar-refractivity contribution < 1.29 is 18.8 Å². The third kappa shape index (κ3) is 3.51. The lowest BCUT2D eigenvalue weighted by atomic mass is 10.1. The van der Waals surface area contributed by atoms with Gasteiger partial charge in [-0.05, 0) is 24.3 Å². The minimum atomic E-state index is -0.265. The molecule has 1 N–H and O–H groups in total. The van der Waals surface area contributed by atoms with Crippen LogP contribution < -0.4 is 5.32 Å². The first-order valence-electron chi connectivity index (χ1n) is 7.49. The molecule has 2 heterocycles. The quantitative estimate of drug-likeness (QED) is 0.613. The summed E-state index contributed by atoms with van der Waals surface area (Å²) >= 11 is 1.38. The number of imide groups is 1. The number of rotatable bonds is 7. The molecular weight excluding hydrogens is 328 g/mol. The summed E-state index contributed by atoms with van der Waals surface area (Å²) in [6.45, 7) is 0.646. The summed E-state index contributed by atoms with van der Waals surface area (Å²) in [4.78, 5) is 37.3. The first-order valence-corrected chi connectivity index (χ1v) is 8.64. The highest BCUT2D eigenvalue weighted by molar-refractivity contribution is 7.99. The second kappa shape index (κ2) is 7.35. The van der Waals surface area contributed by atoms with Gasteiger partial charge in [0.25, 0.3) is 11.8 Å². The van der Waals surface area contributed by atoms with Crippen LogP contribution in [0.15, 0.2) is 47.1 Å². The van der Waals surface area contributed by atoms with Crippen LogP contribution in [0, 0.1) is 0 Å². The molecule has 1 aromatic carbocycles. The van der Waals surface area contributed by atoms with E-state index in [9.17, 15) is 14.4 Å². The lowest BCUT2D eigenvalue weighted by molar-refractivity contribution is -0.118. The van der Waals surface area contributed by atoms with Crippen LogP contribution in [0.3, 0.4) is 0 Å². The molecule has 0 saturated carbocycles. The molecule has 1 aliphatic rings. The molecule has 1 aromatic heterocycles. The molecule has 6 nitrogen and oxygen atoms in total. The summed E-state index contributed by atoms with van der Waals surface area (Å²) in [5, 5.41) is 2.74. The van der Waals surface area contributed by atoms with Crippen molar-refractivity contribution in [3.8, 4) is 0 Å². The van der Waals surface area contributed by atoms with Crippen molar-refractivity contribution in [3.63, 3.8) is 0 Å². The predicted molar refractivity (Wildman–Crippen MR) is 89.7 cm³/mol. The highest BCUT2D eigenvalue weighted by atomic mass is 32.2. The van der Waals surface area contributed by atoms with E-state index in [1.54, 1.807) is 42.7 Å². The van der Waals surface area contributed by atoms with E-state index in [1.165, 1.54) is 16.7 Å². The molecule has 0 aliphatic carbocycles. The molecule has 3 rings (SSSR count). The van der Waals surface area contributed by atoms with Gasteiger partial charge in [0, 0.05) is 12.3 Å². The summed E-state index contributed by atoms with van der Waals surface area (Å²) in [6.07, 6.45) is 1.55. The Labute approximate surface area is 143 Å². The minimum Gasteiger partial charge on any atom is -0.467 e. The van der Waals surface area contributed by atoms with Gasteiger partial charge in [0.2, 0.25) is 5.91 Å². The topological polar surface area (TPSA) is 79.6 Å². The second-order valence-electron chi connectivity index (χ2n) is 5.22. The van der Waals surface area contributed by atoms with Crippen LogP contribution in [0.25, 0.3) is 0 Å². The smallest absolute Gasteiger partial charge is 0.261 e. The van der Waals surface area contributed by atoms with Gasteiger partial charge in [0.15, 0.2) is 0 Å². The molecule has 0 saturated heterocycles. The van der Waals surface area contributed by atoms with Crippen molar-refractivity contribution in [2.75, 3.05) is 18.1 Å². The Bertz CT molecular complexity index is 723. The summed E-state index contributed by atoms with van der Waals surface area (Å²) in [5.41, 5.74) is 0.896. The van der Waals surface area contributed by atoms with Crippen LogP contribution in [0.1, 0.15) is 26.5 Å². The van der Waals surface area contributed by atoms with Crippen LogP contribution in [0.2, 0.25) is 0 Å². The van der Waals surface area contributed by atoms with Gasteiger partial charge in [-0.25, -0.2) is 0 Å². The van der Waals surface area contributed by atoms with Gasteiger partial charge in [-0.2, -0.15) is 11.8 Å². The van der Waals surface area contributed by atoms with Gasteiger partial charge < -0.3 is 9.73 Å². The number of fused-ring (bicyclic) bond motifs is 1. The van der Waals surface area contributed by atoms with Crippen molar-refractivity contribution >= 4 is 29.5 Å². The molecule has 2 aromatic rings. The molecule has 0 atom stereocenters. The van der Waals surface area contributed by atoms with E-state index >= 15 is 0 Å². The highest BCUT2D eigenvalue weighted by Gasteiger charge is 2.34. The van der Waals surface area contributed by atoms with E-state index in [4.69, 9.17) is 4.42 Å². The number of benzene rings is 1. The number of amides is 3. The Hall–Kier alpha value is -2.54. The molecule has 0 unspecified atom stereocenters. The van der Waals surface area contributed by atoms with Gasteiger partial charge in [-0.3, -0.25) is 19.3 Å². The average Bonchev–Trinajstić information content (AvgIpc) is 3.19. The van der Waals surface area contributed by atoms with E-state index in [0.717, 1.165) is 0 Å². The minimum absolute atomic E-state index is 0.112. The fourth-order valence-electron chi connectivity index (χ4n) is 2.41. The number of nitrogens with zero attached hydrogens (tertiary/aromatic N) is 1. The van der Waals surface area contributed by atoms with E-state index in [-0.39, 0.29) is 23.5 Å². The number of carbonyl (C=O) groups excluding carboxylic acids is 3. The molecule has 0 spiro atoms. The average molecular weight is 344 g/mol. The van der Waals surface area contributed by atoms with E-state index < -0.39 is 0 Å². The maximum Gasteiger partial charge on any atom is 0.261 e. The molecule has 24 heavy (non-hydrogen) atoms. The van der Waals surface area contributed by atoms with Crippen LogP contribution in [0.4, 0.5) is 0 Å². The lowest BCUT2D eigenvalue weighted by Gasteiger charge is -2.13. The van der Waals surface area contributed by atoms with E-state index in [1.807, 2.05) is 0 Å². The summed E-state index contributed by atoms with van der Waals surface area (Å²) in [6, 6.07) is 10.3. The Balaban J connectivity index is 1.40. The third-order valence-corrected chi connectivity index (χ3v) is 4.55. The molecule has 124 valence electrons. The van der Waals surface area contributed by atoms with Crippen molar-refractivity contribution in [3.05, 3.63) is 59.5 Å². The Morgan fingerprint density at radius 3 is 2.42 bits per heavy atom. The summed E-state index contributed by atoms with van der Waals surface area (Å²) in [7, 11) is 0. The number of hydrogen-bond donors (Lipinski definition) is 1. The Morgan fingerprint density at radius 2 is 1.79 bits per heavy atom. The highest BCUT2D eigenvalue weighted by Crippen LogP contribution is 2.22. The summed E-state index contributed by atoms with van der Waals surface area (Å²) < 4.78 is 5.13. The normalized spacial score (nSPS) is 13.2. The maximum atomic E-state index is 12.2. The van der Waals surface area contributed by atoms with Crippen LogP contribution >= 0.6 is 11.8 Å². The molecule has 3 amide bonds. The maximum absolute atomic E-state index is 12.2. The van der Waals surface area contributed by atoms with Crippen LogP contribution in [-0.2, 0) is 11.3 Å². The van der Waals surface area contributed by atoms with Crippen LogP contribution in [0.5, 0.6) is 0 Å². The zero-order chi connectivity index (χ0) is 16.9. The molecule has 1 aliphatic heterocycles. The monoisotopic (exact) mass is 344 g/mol. The van der Waals surface area contributed by atoms with Crippen molar-refractivity contribution in [1.29, 1.82) is 0 Å². The third-order valence-electron chi connectivity index (χ3n) is 3.61. The number of nitrogens with one attached hydrogen (secondary N) is 1. The second-order valence-corrected chi connectivity index (χ2v) is 6.32. The molecule has 7 heteroatoms. The van der Waals surface area contributed by atoms with E-state index in [2.05, 4.69) is 5.32 Å². The number of carbonyl (C=O) groups is 3. The zero-order valence-corrected chi connectivity index (χ0v) is 13.7. The van der Waals surface area contributed by atoms with Crippen molar-refractivity contribution in [2.24, 2.45) is 0 Å². The SMILES string of the molecule is O=C(CSCCN1C(=O)c2ccccc2C1=O)NCc1ccco1. The molecule has 0 fully saturated rings. The fourth-order valence-corrected chi connectivity index (χ4v) is 3.16. The van der Waals surface area contributed by atoms with Gasteiger partial charge in [-0.1, -0.05) is 12.1 Å². The van der Waals surface area contributed by atoms with Gasteiger partial charge in [0.1, 0.15) is 5.76 Å². The number of thioether (sulfide) groups is 1. The molecule has 0 bridgehead atoms. The number of hydrogen-bond acceptors (Lipinski definition) is 5. The van der Waals surface area contributed by atoms with Crippen molar-refractivity contribution in [2.45, 2.75) is 6.54 Å². The first-order chi connectivity index (χ1) is 11.7. The first kappa shape index (κ1) is 16.3. The van der Waals surface area contributed by atoms with Crippen LogP contribution in [-0.4, -0.2) is 40.7 Å². The number of furan rings is 1. The molecular formula is C17H16N2O4S. The van der Waals surface area contributed by atoms with E-state index in [0.29, 0.717) is 35.7 Å². The van der Waals surface area contributed by atoms with Crippen molar-refractivity contribution in [1.82, 2.24) is 10.2 Å². The Morgan fingerprint density at radius 1 is 1.08 bits per heavy atom. The Kier molecular flexibility index (Phi) is 5.00. The largest absolute Gasteiger partial charge is 0.467 e. The summed E-state index contributed by atoms with van der Waals surface area (Å²) in [5.74, 6) is 0.832. The molecule has 0 radical (unpaired) electrons. The van der Waals surface area contributed by atoms with Gasteiger partial charge in [-0.15, -0.1) is 0 Å². The standard InChI is InChI=1S/C17H16N2O4S/c20-15(18-10-12-4-3-8-23-12)11-24-9-7-19-16(21)13-5-1-2-6-14(13)17(19)22/h1-6,8H,7,9-11H2,(H,18,20). The predicted octanol–water partition coefficient (Wildman–Crippen LogP) is 1.93. The zero-order valence-electron chi connectivity index (χ0n) is 12.9. The fraction of sp³-hybridized carbons (Fsp3) is 0.235.